The number of hydrogen-bond donors (Lipinski definition) is 0. The fourth-order valence-corrected chi connectivity index (χ4v) is 2.14. The predicted molar refractivity (Wildman–Crippen MR) is 65.2 cm³/mol. The second-order valence-electron chi connectivity index (χ2n) is 4.62. The predicted octanol–water partition coefficient (Wildman–Crippen LogP) is 4.49. The fraction of sp³-hybridized carbons (Fsp3) is 0.417. The number of benzene rings is 1. The molecule has 0 saturated carbocycles. The minimum absolute atomic E-state index is 0.0673. The lowest BCUT2D eigenvalue weighted by Crippen LogP contribution is -2.12. The van der Waals surface area contributed by atoms with E-state index in [1.165, 1.54) is 6.92 Å². The minimum atomic E-state index is -0.0734. The Balaban J connectivity index is 3.39. The molecule has 82 valence electrons. The molecule has 0 saturated heterocycles. The summed E-state index contributed by atoms with van der Waals surface area (Å²) in [4.78, 5) is 11.2. The first-order valence-electron chi connectivity index (χ1n) is 4.74. The molecule has 1 rings (SSSR count). The molecule has 0 bridgehead atoms. The highest BCUT2D eigenvalue weighted by Gasteiger charge is 2.20. The Morgan fingerprint density at radius 2 is 1.67 bits per heavy atom. The Morgan fingerprint density at radius 1 is 1.13 bits per heavy atom. The van der Waals surface area contributed by atoms with E-state index in [2.05, 4.69) is 20.8 Å². The van der Waals surface area contributed by atoms with E-state index in [4.69, 9.17) is 23.2 Å². The highest BCUT2D eigenvalue weighted by atomic mass is 35.5. The maximum atomic E-state index is 11.2. The van der Waals surface area contributed by atoms with Gasteiger partial charge in [-0.2, -0.15) is 0 Å². The molecule has 3 heteroatoms. The quantitative estimate of drug-likeness (QED) is 0.666. The first-order valence-corrected chi connectivity index (χ1v) is 5.49. The van der Waals surface area contributed by atoms with Crippen molar-refractivity contribution in [1.82, 2.24) is 0 Å². The molecule has 0 aliphatic heterocycles. The van der Waals surface area contributed by atoms with Gasteiger partial charge < -0.3 is 0 Å². The van der Waals surface area contributed by atoms with Gasteiger partial charge in [0.05, 0.1) is 5.02 Å². The van der Waals surface area contributed by atoms with Crippen LogP contribution in [0.15, 0.2) is 12.1 Å². The molecule has 0 atom stereocenters. The number of carbonyl (C=O) groups excluding carboxylic acids is 1. The number of carbonyl (C=O) groups is 1. The molecule has 0 radical (unpaired) electrons. The van der Waals surface area contributed by atoms with Crippen molar-refractivity contribution in [2.45, 2.75) is 33.1 Å². The van der Waals surface area contributed by atoms with Crippen molar-refractivity contribution in [3.63, 3.8) is 0 Å². The first-order chi connectivity index (χ1) is 6.73. The monoisotopic (exact) mass is 244 g/mol. The SMILES string of the molecule is CC(=O)c1cc(Cl)c(C(C)(C)C)cc1Cl. The van der Waals surface area contributed by atoms with Crippen LogP contribution in [0.3, 0.4) is 0 Å². The van der Waals surface area contributed by atoms with E-state index >= 15 is 0 Å². The van der Waals surface area contributed by atoms with Crippen LogP contribution in [0.2, 0.25) is 10.0 Å². The number of halogens is 2. The van der Waals surface area contributed by atoms with Crippen LogP contribution in [0, 0.1) is 0 Å². The van der Waals surface area contributed by atoms with Crippen LogP contribution in [0.5, 0.6) is 0 Å². The van der Waals surface area contributed by atoms with Gasteiger partial charge in [0.15, 0.2) is 5.78 Å². The van der Waals surface area contributed by atoms with E-state index in [0.717, 1.165) is 5.56 Å². The molecular formula is C12H14Cl2O. The van der Waals surface area contributed by atoms with Crippen LogP contribution in [-0.2, 0) is 5.41 Å². The summed E-state index contributed by atoms with van der Waals surface area (Å²) in [6, 6.07) is 3.42. The molecule has 0 aromatic heterocycles. The summed E-state index contributed by atoms with van der Waals surface area (Å²) in [7, 11) is 0. The lowest BCUT2D eigenvalue weighted by Gasteiger charge is -2.21. The standard InChI is InChI=1S/C12H14Cl2O/c1-7(15)8-5-11(14)9(6-10(8)13)12(2,3)4/h5-6H,1-4H3. The van der Waals surface area contributed by atoms with Crippen molar-refractivity contribution in [2.24, 2.45) is 0 Å². The van der Waals surface area contributed by atoms with Crippen molar-refractivity contribution < 1.29 is 4.79 Å². The number of Topliss-reactive ketones (excluding diaryl/α,β-unsaturated/α-hetero) is 1. The maximum absolute atomic E-state index is 11.2. The molecule has 0 heterocycles. The van der Waals surface area contributed by atoms with Gasteiger partial charge in [0, 0.05) is 10.6 Å². The second kappa shape index (κ2) is 4.15. The van der Waals surface area contributed by atoms with E-state index < -0.39 is 0 Å². The normalized spacial score (nSPS) is 11.6. The van der Waals surface area contributed by atoms with Crippen molar-refractivity contribution in [3.05, 3.63) is 33.3 Å². The van der Waals surface area contributed by atoms with Crippen molar-refractivity contribution >= 4 is 29.0 Å². The largest absolute Gasteiger partial charge is 0.294 e. The smallest absolute Gasteiger partial charge is 0.161 e. The molecule has 0 fully saturated rings. The van der Waals surface area contributed by atoms with Gasteiger partial charge in [-0.05, 0) is 30.0 Å². The molecule has 0 unspecified atom stereocenters. The topological polar surface area (TPSA) is 17.1 Å². The highest BCUT2D eigenvalue weighted by molar-refractivity contribution is 6.36. The van der Waals surface area contributed by atoms with Gasteiger partial charge in [-0.15, -0.1) is 0 Å². The van der Waals surface area contributed by atoms with Crippen molar-refractivity contribution in [2.75, 3.05) is 0 Å². The van der Waals surface area contributed by atoms with Crippen LogP contribution in [0.1, 0.15) is 43.6 Å². The van der Waals surface area contributed by atoms with Gasteiger partial charge in [-0.1, -0.05) is 44.0 Å². The van der Waals surface area contributed by atoms with Crippen molar-refractivity contribution in [1.29, 1.82) is 0 Å². The van der Waals surface area contributed by atoms with Gasteiger partial charge in [0.2, 0.25) is 0 Å². The lowest BCUT2D eigenvalue weighted by molar-refractivity contribution is 0.101. The summed E-state index contributed by atoms with van der Waals surface area (Å²) in [6.07, 6.45) is 0. The average Bonchev–Trinajstić information content (AvgIpc) is 2.06. The van der Waals surface area contributed by atoms with Gasteiger partial charge in [0.25, 0.3) is 0 Å². The zero-order valence-electron chi connectivity index (χ0n) is 9.32. The Bertz CT molecular complexity index is 403. The minimum Gasteiger partial charge on any atom is -0.294 e. The van der Waals surface area contributed by atoms with Crippen LogP contribution in [0.25, 0.3) is 0 Å². The molecular weight excluding hydrogens is 231 g/mol. The van der Waals surface area contributed by atoms with E-state index in [1.54, 1.807) is 12.1 Å². The zero-order chi connectivity index (χ0) is 11.8. The van der Waals surface area contributed by atoms with Crippen LogP contribution in [-0.4, -0.2) is 5.78 Å². The van der Waals surface area contributed by atoms with E-state index in [9.17, 15) is 4.79 Å². The molecule has 0 aliphatic carbocycles. The summed E-state index contributed by atoms with van der Waals surface area (Å²) in [6.45, 7) is 7.64. The van der Waals surface area contributed by atoms with E-state index in [0.29, 0.717) is 15.6 Å². The molecule has 1 nitrogen and oxygen atoms in total. The average molecular weight is 245 g/mol. The third kappa shape index (κ3) is 2.73. The molecule has 0 spiro atoms. The molecule has 1 aromatic rings. The highest BCUT2D eigenvalue weighted by Crippen LogP contribution is 2.33. The van der Waals surface area contributed by atoms with Gasteiger partial charge >= 0.3 is 0 Å². The van der Waals surface area contributed by atoms with Gasteiger partial charge in [0.1, 0.15) is 0 Å². The summed E-state index contributed by atoms with van der Waals surface area (Å²) < 4.78 is 0. The van der Waals surface area contributed by atoms with Gasteiger partial charge in [-0.3, -0.25) is 4.79 Å². The van der Waals surface area contributed by atoms with E-state index in [-0.39, 0.29) is 11.2 Å². The molecule has 0 amide bonds. The second-order valence-corrected chi connectivity index (χ2v) is 5.43. The van der Waals surface area contributed by atoms with Crippen LogP contribution < -0.4 is 0 Å². The lowest BCUT2D eigenvalue weighted by atomic mass is 9.86. The van der Waals surface area contributed by atoms with E-state index in [1.807, 2.05) is 0 Å². The van der Waals surface area contributed by atoms with Crippen LogP contribution in [0.4, 0.5) is 0 Å². The first kappa shape index (κ1) is 12.5. The number of ketones is 1. The van der Waals surface area contributed by atoms with Crippen molar-refractivity contribution in [3.8, 4) is 0 Å². The summed E-state index contributed by atoms with van der Waals surface area (Å²) in [5.41, 5.74) is 1.37. The number of rotatable bonds is 1. The summed E-state index contributed by atoms with van der Waals surface area (Å²) in [5, 5.41) is 1.06. The summed E-state index contributed by atoms with van der Waals surface area (Å²) in [5.74, 6) is -0.0673. The third-order valence-corrected chi connectivity index (χ3v) is 2.87. The molecule has 0 aliphatic rings. The van der Waals surface area contributed by atoms with Crippen LogP contribution >= 0.6 is 23.2 Å². The van der Waals surface area contributed by atoms with Gasteiger partial charge in [-0.25, -0.2) is 0 Å². The number of hydrogen-bond acceptors (Lipinski definition) is 1. The summed E-state index contributed by atoms with van der Waals surface area (Å²) >= 11 is 12.1. The Kier molecular flexibility index (Phi) is 3.47. The Morgan fingerprint density at radius 3 is 2.07 bits per heavy atom. The maximum Gasteiger partial charge on any atom is 0.161 e. The Labute approximate surface area is 100 Å². The zero-order valence-corrected chi connectivity index (χ0v) is 10.8. The fourth-order valence-electron chi connectivity index (χ4n) is 1.39. The molecule has 1 aromatic carbocycles. The molecule has 15 heavy (non-hydrogen) atoms. The Hall–Kier alpha value is -0.530. The third-order valence-electron chi connectivity index (χ3n) is 2.24. The molecule has 0 N–H and O–H groups in total.